The molecule has 1 saturated heterocycles. The Bertz CT molecular complexity index is 226. The zero-order valence-corrected chi connectivity index (χ0v) is 10.1. The van der Waals surface area contributed by atoms with Gasteiger partial charge < -0.3 is 10.6 Å². The number of piperidine rings is 1. The fraction of sp³-hybridized carbons (Fsp3) is 0.900. The Kier molecular flexibility index (Phi) is 4.12. The molecule has 0 atom stereocenters. The van der Waals surface area contributed by atoms with Crippen molar-refractivity contribution in [3.8, 4) is 0 Å². The topological polar surface area (TPSA) is 46.3 Å². The normalized spacial score (nSPS) is 23.9. The molecule has 2 N–H and O–H groups in total. The van der Waals surface area contributed by atoms with E-state index in [0.717, 1.165) is 19.4 Å². The standard InChI is InChI=1S/C10H20N2O.Li/c1-9(2)5-6-10(3,4)12(7-9)8(11)13;/h5-7H2,1-4H3,(H2,11,13);. The van der Waals surface area contributed by atoms with Crippen LogP contribution in [0, 0.1) is 5.41 Å². The first-order chi connectivity index (χ1) is 5.75. The minimum absolute atomic E-state index is 0. The van der Waals surface area contributed by atoms with Gasteiger partial charge in [0.25, 0.3) is 0 Å². The number of likely N-dealkylation sites (tertiary alicyclic amines) is 1. The number of nitrogens with two attached hydrogens (primary N) is 1. The summed E-state index contributed by atoms with van der Waals surface area (Å²) in [6.07, 6.45) is 2.19. The smallest absolute Gasteiger partial charge is 0.315 e. The van der Waals surface area contributed by atoms with Crippen molar-refractivity contribution in [1.82, 2.24) is 4.90 Å². The minimum Gasteiger partial charge on any atom is -0.351 e. The number of rotatable bonds is 0. The third-order valence-corrected chi connectivity index (χ3v) is 3.00. The van der Waals surface area contributed by atoms with Crippen molar-refractivity contribution in [3.63, 3.8) is 0 Å². The van der Waals surface area contributed by atoms with Gasteiger partial charge in [0.05, 0.1) is 0 Å². The zero-order valence-electron chi connectivity index (χ0n) is 10.1. The summed E-state index contributed by atoms with van der Waals surface area (Å²) in [5.74, 6) is 0. The van der Waals surface area contributed by atoms with Gasteiger partial charge in [-0.1, -0.05) is 13.8 Å². The Morgan fingerprint density at radius 2 is 1.71 bits per heavy atom. The van der Waals surface area contributed by atoms with Crippen molar-refractivity contribution in [1.29, 1.82) is 0 Å². The summed E-state index contributed by atoms with van der Waals surface area (Å²) in [7, 11) is 0. The third kappa shape index (κ3) is 2.93. The average molecular weight is 191 g/mol. The fourth-order valence-electron chi connectivity index (χ4n) is 1.88. The maximum absolute atomic E-state index is 11.2. The molecule has 1 heterocycles. The Morgan fingerprint density at radius 3 is 2.07 bits per heavy atom. The van der Waals surface area contributed by atoms with Crippen LogP contribution in [0.5, 0.6) is 0 Å². The number of primary amides is 1. The van der Waals surface area contributed by atoms with Gasteiger partial charge in [0.1, 0.15) is 0 Å². The Labute approximate surface area is 98.6 Å². The Hall–Kier alpha value is -0.133. The molecule has 1 aliphatic rings. The average Bonchev–Trinajstić information content (AvgIpc) is 1.95. The molecule has 2 amide bonds. The molecule has 4 heteroatoms. The van der Waals surface area contributed by atoms with Crippen LogP contribution >= 0.6 is 0 Å². The molecule has 0 saturated carbocycles. The first kappa shape index (κ1) is 13.9. The van der Waals surface area contributed by atoms with Gasteiger partial charge in [-0.3, -0.25) is 0 Å². The molecule has 0 aliphatic carbocycles. The van der Waals surface area contributed by atoms with Crippen LogP contribution < -0.4 is 5.73 Å². The number of nitrogens with zero attached hydrogens (tertiary/aromatic N) is 1. The predicted molar refractivity (Wildman–Crippen MR) is 59.1 cm³/mol. The predicted octanol–water partition coefficient (Wildman–Crippen LogP) is 1.58. The van der Waals surface area contributed by atoms with E-state index in [9.17, 15) is 4.79 Å². The van der Waals surface area contributed by atoms with Gasteiger partial charge in [0.15, 0.2) is 0 Å². The second-order valence-electron chi connectivity index (χ2n) is 5.40. The summed E-state index contributed by atoms with van der Waals surface area (Å²) in [5, 5.41) is 0. The molecule has 0 aromatic rings. The van der Waals surface area contributed by atoms with Gasteiger partial charge in [-0.2, -0.15) is 0 Å². The SMILES string of the molecule is CC1(C)CCC(C)(C)N(C(N)=O)C1.[Li]. The molecule has 77 valence electrons. The number of hydrogen-bond acceptors (Lipinski definition) is 1. The molecule has 1 rings (SSSR count). The zero-order chi connectivity index (χ0) is 10.3. The van der Waals surface area contributed by atoms with E-state index in [2.05, 4.69) is 27.7 Å². The summed E-state index contributed by atoms with van der Waals surface area (Å²) >= 11 is 0. The van der Waals surface area contributed by atoms with Crippen molar-refractivity contribution in [2.45, 2.75) is 46.1 Å². The summed E-state index contributed by atoms with van der Waals surface area (Å²) in [6, 6.07) is -0.294. The van der Waals surface area contributed by atoms with E-state index >= 15 is 0 Å². The molecule has 1 fully saturated rings. The van der Waals surface area contributed by atoms with Gasteiger partial charge in [-0.05, 0) is 32.1 Å². The van der Waals surface area contributed by atoms with Crippen LogP contribution in [0.15, 0.2) is 0 Å². The van der Waals surface area contributed by atoms with Gasteiger partial charge in [0.2, 0.25) is 0 Å². The molecule has 0 bridgehead atoms. The maximum Gasteiger partial charge on any atom is 0.315 e. The van der Waals surface area contributed by atoms with Gasteiger partial charge in [-0.15, -0.1) is 0 Å². The van der Waals surface area contributed by atoms with E-state index in [1.165, 1.54) is 0 Å². The maximum atomic E-state index is 11.2. The number of amides is 2. The second-order valence-corrected chi connectivity index (χ2v) is 5.40. The molecule has 3 nitrogen and oxygen atoms in total. The number of carbonyl (C=O) groups is 1. The van der Waals surface area contributed by atoms with Gasteiger partial charge >= 0.3 is 6.03 Å². The molecule has 0 spiro atoms. The van der Waals surface area contributed by atoms with E-state index in [-0.39, 0.29) is 35.8 Å². The summed E-state index contributed by atoms with van der Waals surface area (Å²) in [6.45, 7) is 9.28. The van der Waals surface area contributed by atoms with Crippen LogP contribution in [-0.2, 0) is 0 Å². The summed E-state index contributed by atoms with van der Waals surface area (Å²) < 4.78 is 0. The fourth-order valence-corrected chi connectivity index (χ4v) is 1.88. The van der Waals surface area contributed by atoms with Crippen LogP contribution in [0.1, 0.15) is 40.5 Å². The molecular weight excluding hydrogens is 171 g/mol. The molecule has 1 radical (unpaired) electrons. The molecule has 0 unspecified atom stereocenters. The first-order valence-corrected chi connectivity index (χ1v) is 4.82. The summed E-state index contributed by atoms with van der Waals surface area (Å²) in [4.78, 5) is 13.0. The Balaban J connectivity index is 0.00000169. The Morgan fingerprint density at radius 1 is 1.21 bits per heavy atom. The van der Waals surface area contributed by atoms with Gasteiger partial charge in [-0.25, -0.2) is 4.79 Å². The summed E-state index contributed by atoms with van der Waals surface area (Å²) in [5.41, 5.74) is 5.50. The largest absolute Gasteiger partial charge is 0.351 e. The van der Waals surface area contributed by atoms with E-state index < -0.39 is 0 Å². The quantitative estimate of drug-likeness (QED) is 0.580. The van der Waals surface area contributed by atoms with Gasteiger partial charge in [0, 0.05) is 30.9 Å². The number of urea groups is 1. The molecule has 0 aromatic heterocycles. The number of carbonyl (C=O) groups excluding carboxylic acids is 1. The van der Waals surface area contributed by atoms with Crippen molar-refractivity contribution in [2.75, 3.05) is 6.54 Å². The van der Waals surface area contributed by atoms with Crippen LogP contribution in [0.3, 0.4) is 0 Å². The monoisotopic (exact) mass is 191 g/mol. The molecular formula is C10H20LiN2O. The van der Waals surface area contributed by atoms with Crippen LogP contribution in [-0.4, -0.2) is 41.9 Å². The molecule has 1 aliphatic heterocycles. The molecule has 0 aromatic carbocycles. The van der Waals surface area contributed by atoms with Crippen molar-refractivity contribution in [3.05, 3.63) is 0 Å². The molecule has 14 heavy (non-hydrogen) atoms. The van der Waals surface area contributed by atoms with Crippen LogP contribution in [0.25, 0.3) is 0 Å². The van der Waals surface area contributed by atoms with E-state index in [1.54, 1.807) is 4.90 Å². The first-order valence-electron chi connectivity index (χ1n) is 4.82. The van der Waals surface area contributed by atoms with Crippen LogP contribution in [0.4, 0.5) is 4.79 Å². The van der Waals surface area contributed by atoms with E-state index in [0.29, 0.717) is 0 Å². The van der Waals surface area contributed by atoms with E-state index in [4.69, 9.17) is 5.73 Å². The minimum atomic E-state index is -0.294. The second kappa shape index (κ2) is 4.16. The van der Waals surface area contributed by atoms with E-state index in [1.807, 2.05) is 0 Å². The third-order valence-electron chi connectivity index (χ3n) is 3.00. The van der Waals surface area contributed by atoms with Crippen molar-refractivity contribution >= 4 is 24.9 Å². The van der Waals surface area contributed by atoms with Crippen LogP contribution in [0.2, 0.25) is 0 Å². The van der Waals surface area contributed by atoms with Crippen molar-refractivity contribution in [2.24, 2.45) is 11.1 Å². The number of hydrogen-bond donors (Lipinski definition) is 1. The van der Waals surface area contributed by atoms with Crippen molar-refractivity contribution < 1.29 is 4.79 Å².